The maximum absolute atomic E-state index is 12.1. The fraction of sp³-hybridized carbons (Fsp3) is 0.389. The van der Waals surface area contributed by atoms with Gasteiger partial charge >= 0.3 is 5.69 Å². The number of aromatic nitrogens is 4. The van der Waals surface area contributed by atoms with Crippen LogP contribution in [0.15, 0.2) is 40.1 Å². The third kappa shape index (κ3) is 2.92. The first kappa shape index (κ1) is 16.6. The lowest BCUT2D eigenvalue weighted by Gasteiger charge is -2.31. The second-order valence-corrected chi connectivity index (χ2v) is 6.88. The third-order valence-electron chi connectivity index (χ3n) is 5.02. The summed E-state index contributed by atoms with van der Waals surface area (Å²) < 4.78 is 3.10. The number of aromatic amines is 1. The summed E-state index contributed by atoms with van der Waals surface area (Å²) in [6.07, 6.45) is 2.54. The number of piperidine rings is 1. The summed E-state index contributed by atoms with van der Waals surface area (Å²) in [4.78, 5) is 25.7. The second kappa shape index (κ2) is 6.45. The molecule has 3 aromatic rings. The molecule has 1 saturated heterocycles. The summed E-state index contributed by atoms with van der Waals surface area (Å²) >= 11 is 0. The Morgan fingerprint density at radius 2 is 2.12 bits per heavy atom. The van der Waals surface area contributed by atoms with E-state index in [4.69, 9.17) is 0 Å². The minimum Gasteiger partial charge on any atom is -0.382 e. The van der Waals surface area contributed by atoms with Gasteiger partial charge in [-0.25, -0.2) is 4.79 Å². The van der Waals surface area contributed by atoms with Crippen LogP contribution >= 0.6 is 0 Å². The van der Waals surface area contributed by atoms with Gasteiger partial charge in [0.1, 0.15) is 0 Å². The number of anilines is 1. The molecule has 136 valence electrons. The molecule has 2 aromatic heterocycles. The molecule has 1 aliphatic heterocycles. The number of benzene rings is 1. The highest BCUT2D eigenvalue weighted by atomic mass is 16.2. The van der Waals surface area contributed by atoms with Gasteiger partial charge in [0.05, 0.1) is 5.52 Å². The van der Waals surface area contributed by atoms with Crippen LogP contribution in [-0.4, -0.2) is 38.5 Å². The topological polar surface area (TPSA) is 96.7 Å². The Kier molecular flexibility index (Phi) is 4.12. The van der Waals surface area contributed by atoms with E-state index in [1.54, 1.807) is 4.68 Å². The van der Waals surface area contributed by atoms with Crippen LogP contribution in [-0.2, 0) is 7.05 Å². The summed E-state index contributed by atoms with van der Waals surface area (Å²) in [5, 5.41) is 12.4. The SMILES string of the molecule is C[C@@H]1CNCC[C@H]1Nc1ccc2c(-n3ccc(=O)[nH]c3=O)nn(C)c2c1. The number of nitrogens with one attached hydrogen (secondary N) is 3. The fourth-order valence-corrected chi connectivity index (χ4v) is 3.53. The van der Waals surface area contributed by atoms with E-state index in [1.165, 1.54) is 16.8 Å². The molecule has 0 aliphatic carbocycles. The lowest BCUT2D eigenvalue weighted by Crippen LogP contribution is -2.42. The molecule has 0 spiro atoms. The monoisotopic (exact) mass is 354 g/mol. The predicted molar refractivity (Wildman–Crippen MR) is 101 cm³/mol. The maximum atomic E-state index is 12.1. The highest BCUT2D eigenvalue weighted by molar-refractivity contribution is 5.89. The van der Waals surface area contributed by atoms with E-state index in [9.17, 15) is 9.59 Å². The van der Waals surface area contributed by atoms with Crippen molar-refractivity contribution in [2.24, 2.45) is 13.0 Å². The van der Waals surface area contributed by atoms with Crippen molar-refractivity contribution in [2.75, 3.05) is 18.4 Å². The van der Waals surface area contributed by atoms with Crippen molar-refractivity contribution in [1.82, 2.24) is 24.6 Å². The van der Waals surface area contributed by atoms with Crippen molar-refractivity contribution >= 4 is 16.6 Å². The van der Waals surface area contributed by atoms with Crippen LogP contribution in [0.25, 0.3) is 16.7 Å². The number of hydrogen-bond acceptors (Lipinski definition) is 5. The van der Waals surface area contributed by atoms with Crippen molar-refractivity contribution in [1.29, 1.82) is 0 Å². The van der Waals surface area contributed by atoms with E-state index in [0.717, 1.165) is 36.1 Å². The summed E-state index contributed by atoms with van der Waals surface area (Å²) in [6.45, 7) is 4.28. The number of aryl methyl sites for hydroxylation is 1. The highest BCUT2D eigenvalue weighted by Crippen LogP contribution is 2.25. The molecule has 8 heteroatoms. The first-order valence-electron chi connectivity index (χ1n) is 8.79. The Hall–Kier alpha value is -2.87. The van der Waals surface area contributed by atoms with Crippen molar-refractivity contribution in [3.63, 3.8) is 0 Å². The molecule has 3 heterocycles. The largest absolute Gasteiger partial charge is 0.382 e. The van der Waals surface area contributed by atoms with Gasteiger partial charge in [0, 0.05) is 36.4 Å². The number of rotatable bonds is 3. The zero-order valence-electron chi connectivity index (χ0n) is 14.8. The van der Waals surface area contributed by atoms with E-state index < -0.39 is 11.2 Å². The Morgan fingerprint density at radius 1 is 1.27 bits per heavy atom. The summed E-state index contributed by atoms with van der Waals surface area (Å²) in [7, 11) is 1.85. The average molecular weight is 354 g/mol. The normalized spacial score (nSPS) is 20.4. The quantitative estimate of drug-likeness (QED) is 0.647. The minimum absolute atomic E-state index is 0.422. The lowest BCUT2D eigenvalue weighted by molar-refractivity contribution is 0.368. The van der Waals surface area contributed by atoms with Crippen LogP contribution in [0.2, 0.25) is 0 Å². The number of hydrogen-bond donors (Lipinski definition) is 3. The van der Waals surface area contributed by atoms with Gasteiger partial charge in [-0.05, 0) is 43.6 Å². The Bertz CT molecular complexity index is 1060. The summed E-state index contributed by atoms with van der Waals surface area (Å²) in [5.74, 6) is 1.06. The van der Waals surface area contributed by atoms with Crippen molar-refractivity contribution in [3.05, 3.63) is 51.3 Å². The zero-order chi connectivity index (χ0) is 18.3. The summed E-state index contributed by atoms with van der Waals surface area (Å²) in [5.41, 5.74) is 1.04. The van der Waals surface area contributed by atoms with Gasteiger partial charge in [-0.2, -0.15) is 5.10 Å². The Balaban J connectivity index is 1.72. The van der Waals surface area contributed by atoms with Gasteiger partial charge in [-0.1, -0.05) is 6.92 Å². The van der Waals surface area contributed by atoms with Gasteiger partial charge in [0.25, 0.3) is 5.56 Å². The van der Waals surface area contributed by atoms with Crippen LogP contribution in [0.4, 0.5) is 5.69 Å². The van der Waals surface area contributed by atoms with Crippen LogP contribution in [0, 0.1) is 5.92 Å². The van der Waals surface area contributed by atoms with Crippen LogP contribution in [0.1, 0.15) is 13.3 Å². The van der Waals surface area contributed by atoms with E-state index in [2.05, 4.69) is 33.7 Å². The molecular formula is C18H22N6O2. The first-order chi connectivity index (χ1) is 12.5. The molecule has 1 aliphatic rings. The van der Waals surface area contributed by atoms with Crippen LogP contribution < -0.4 is 21.9 Å². The molecule has 4 rings (SSSR count). The van der Waals surface area contributed by atoms with Crippen LogP contribution in [0.5, 0.6) is 0 Å². The zero-order valence-corrected chi connectivity index (χ0v) is 14.8. The molecule has 0 bridgehead atoms. The molecule has 0 unspecified atom stereocenters. The molecule has 0 saturated carbocycles. The summed E-state index contributed by atoms with van der Waals surface area (Å²) in [6, 6.07) is 7.78. The van der Waals surface area contributed by atoms with Gasteiger partial charge in [0.2, 0.25) is 0 Å². The van der Waals surface area contributed by atoms with E-state index >= 15 is 0 Å². The molecule has 0 radical (unpaired) electrons. The first-order valence-corrected chi connectivity index (χ1v) is 8.79. The van der Waals surface area contributed by atoms with E-state index in [0.29, 0.717) is 17.8 Å². The van der Waals surface area contributed by atoms with Gasteiger partial charge in [-0.15, -0.1) is 0 Å². The molecule has 26 heavy (non-hydrogen) atoms. The predicted octanol–water partition coefficient (Wildman–Crippen LogP) is 0.822. The number of H-pyrrole nitrogens is 1. The number of fused-ring (bicyclic) bond motifs is 1. The second-order valence-electron chi connectivity index (χ2n) is 6.88. The standard InChI is InChI=1S/C18H22N6O2/c1-11-10-19-7-5-14(11)20-12-3-4-13-15(9-12)23(2)22-17(13)24-8-6-16(25)21-18(24)26/h3-4,6,8-9,11,14,19-20H,5,7,10H2,1-2H3,(H,21,25,26)/t11-,14-/m1/s1. The Morgan fingerprint density at radius 3 is 2.88 bits per heavy atom. The van der Waals surface area contributed by atoms with Gasteiger partial charge in [-0.3, -0.25) is 19.0 Å². The Labute approximate surface area is 149 Å². The van der Waals surface area contributed by atoms with Crippen molar-refractivity contribution in [2.45, 2.75) is 19.4 Å². The smallest absolute Gasteiger partial charge is 0.334 e. The molecule has 8 nitrogen and oxygen atoms in total. The van der Waals surface area contributed by atoms with Crippen LogP contribution in [0.3, 0.4) is 0 Å². The molecule has 0 amide bonds. The molecule has 1 fully saturated rings. The maximum Gasteiger partial charge on any atom is 0.334 e. The number of nitrogens with zero attached hydrogens (tertiary/aromatic N) is 3. The van der Waals surface area contributed by atoms with Gasteiger partial charge in [0.15, 0.2) is 5.82 Å². The molecular weight excluding hydrogens is 332 g/mol. The highest BCUT2D eigenvalue weighted by Gasteiger charge is 2.21. The van der Waals surface area contributed by atoms with Crippen molar-refractivity contribution < 1.29 is 0 Å². The van der Waals surface area contributed by atoms with Crippen molar-refractivity contribution in [3.8, 4) is 5.82 Å². The minimum atomic E-state index is -0.497. The van der Waals surface area contributed by atoms with E-state index in [1.807, 2.05) is 19.2 Å². The molecule has 2 atom stereocenters. The average Bonchev–Trinajstić information content (AvgIpc) is 2.93. The lowest BCUT2D eigenvalue weighted by atomic mass is 9.95. The molecule has 1 aromatic carbocycles. The molecule has 3 N–H and O–H groups in total. The van der Waals surface area contributed by atoms with E-state index in [-0.39, 0.29) is 0 Å². The third-order valence-corrected chi connectivity index (χ3v) is 5.02. The fourth-order valence-electron chi connectivity index (χ4n) is 3.53. The van der Waals surface area contributed by atoms with Gasteiger partial charge < -0.3 is 10.6 Å².